The summed E-state index contributed by atoms with van der Waals surface area (Å²) in [6.45, 7) is 4.61. The fourth-order valence-electron chi connectivity index (χ4n) is 2.47. The number of nitrogens with one attached hydrogen (secondary N) is 1. The third kappa shape index (κ3) is 5.04. The lowest BCUT2D eigenvalue weighted by Gasteiger charge is -2.16. The van der Waals surface area contributed by atoms with Crippen molar-refractivity contribution in [2.45, 2.75) is 27.3 Å². The van der Waals surface area contributed by atoms with Crippen molar-refractivity contribution < 1.29 is 23.9 Å². The van der Waals surface area contributed by atoms with Crippen molar-refractivity contribution >= 4 is 23.7 Å². The molecule has 0 unspecified atom stereocenters. The minimum atomic E-state index is -1.14. The predicted molar refractivity (Wildman–Crippen MR) is 97.7 cm³/mol. The van der Waals surface area contributed by atoms with Crippen molar-refractivity contribution in [2.24, 2.45) is 0 Å². The molecule has 0 spiro atoms. The number of carbonyl (C=O) groups is 3. The Bertz CT molecular complexity index is 918. The number of anilines is 1. The molecule has 0 bridgehead atoms. The predicted octanol–water partition coefficient (Wildman–Crippen LogP) is 2.48. The number of hydrogen-bond donors (Lipinski definition) is 1. The minimum Gasteiger partial charge on any atom is -0.434 e. The zero-order chi connectivity index (χ0) is 20.0. The number of amides is 1. The van der Waals surface area contributed by atoms with E-state index in [2.05, 4.69) is 14.8 Å². The van der Waals surface area contributed by atoms with Crippen LogP contribution in [0.2, 0.25) is 0 Å². The van der Waals surface area contributed by atoms with E-state index in [0.717, 1.165) is 5.56 Å². The summed E-state index contributed by atoms with van der Waals surface area (Å²) >= 11 is 0. The van der Waals surface area contributed by atoms with Gasteiger partial charge in [0.15, 0.2) is 0 Å². The van der Waals surface area contributed by atoms with Crippen LogP contribution in [0.5, 0.6) is 0 Å². The quantitative estimate of drug-likeness (QED) is 0.639. The summed E-state index contributed by atoms with van der Waals surface area (Å²) in [7, 11) is 0. The normalized spacial score (nSPS) is 10.2. The second kappa shape index (κ2) is 8.79. The van der Waals surface area contributed by atoms with Gasteiger partial charge in [-0.25, -0.2) is 9.59 Å². The van der Waals surface area contributed by atoms with Gasteiger partial charge in [0, 0.05) is 12.6 Å². The van der Waals surface area contributed by atoms with Gasteiger partial charge in [-0.3, -0.25) is 9.59 Å². The van der Waals surface area contributed by atoms with E-state index < -0.39 is 23.6 Å². The number of benzene rings is 1. The topological polar surface area (TPSA) is 104 Å². The van der Waals surface area contributed by atoms with E-state index in [1.54, 1.807) is 13.8 Å². The Morgan fingerprint density at radius 1 is 1.15 bits per heavy atom. The molecule has 27 heavy (non-hydrogen) atoms. The molecule has 8 nitrogen and oxygen atoms in total. The first-order valence-corrected chi connectivity index (χ1v) is 8.28. The maximum Gasteiger partial charge on any atom is 0.516 e. The fourth-order valence-corrected chi connectivity index (χ4v) is 2.47. The Morgan fingerprint density at radius 3 is 2.41 bits per heavy atom. The van der Waals surface area contributed by atoms with Crippen molar-refractivity contribution in [2.75, 3.05) is 11.9 Å². The molecule has 0 saturated carbocycles. The highest BCUT2D eigenvalue weighted by Gasteiger charge is 2.21. The van der Waals surface area contributed by atoms with E-state index in [4.69, 9.17) is 0 Å². The lowest BCUT2D eigenvalue weighted by atomic mass is 10.1. The first-order valence-electron chi connectivity index (χ1n) is 8.28. The number of ether oxygens (including phenoxy) is 2. The van der Waals surface area contributed by atoms with Crippen molar-refractivity contribution in [3.05, 3.63) is 63.6 Å². The zero-order valence-corrected chi connectivity index (χ0v) is 15.3. The molecule has 2 aromatic rings. The van der Waals surface area contributed by atoms with E-state index in [1.807, 2.05) is 30.3 Å². The Morgan fingerprint density at radius 2 is 1.81 bits per heavy atom. The van der Waals surface area contributed by atoms with Gasteiger partial charge in [0.25, 0.3) is 5.56 Å². The highest BCUT2D eigenvalue weighted by molar-refractivity contribution is 5.98. The summed E-state index contributed by atoms with van der Waals surface area (Å²) in [5, 5.41) is 2.40. The van der Waals surface area contributed by atoms with E-state index >= 15 is 0 Å². The average Bonchev–Trinajstić information content (AvgIpc) is 2.61. The molecule has 0 radical (unpaired) electrons. The van der Waals surface area contributed by atoms with Crippen molar-refractivity contribution in [3.63, 3.8) is 0 Å². The standard InChI is InChI=1S/C19H20N2O6/c1-4-26-19(25)27-18(24)15-10-16(20-13(3)22)17(23)21(12(15)2)11-14-8-6-5-7-9-14/h5-10H,4,11H2,1-3H3,(H,20,22). The molecular weight excluding hydrogens is 352 g/mol. The highest BCUT2D eigenvalue weighted by atomic mass is 16.7. The molecule has 1 aromatic heterocycles. The van der Waals surface area contributed by atoms with Gasteiger partial charge in [-0.2, -0.15) is 0 Å². The van der Waals surface area contributed by atoms with Crippen LogP contribution in [-0.4, -0.2) is 29.2 Å². The maximum atomic E-state index is 12.7. The molecule has 1 aromatic carbocycles. The van der Waals surface area contributed by atoms with Crippen molar-refractivity contribution in [1.29, 1.82) is 0 Å². The van der Waals surface area contributed by atoms with Crippen LogP contribution in [0.3, 0.4) is 0 Å². The van der Waals surface area contributed by atoms with Crippen molar-refractivity contribution in [3.8, 4) is 0 Å². The Balaban J connectivity index is 2.51. The Labute approximate surface area is 155 Å². The summed E-state index contributed by atoms with van der Waals surface area (Å²) in [5.74, 6) is -1.44. The SMILES string of the molecule is CCOC(=O)OC(=O)c1cc(NC(C)=O)c(=O)n(Cc2ccccc2)c1C. The Kier molecular flexibility index (Phi) is 6.48. The number of esters is 1. The molecule has 0 saturated heterocycles. The number of carbonyl (C=O) groups excluding carboxylic acids is 3. The summed E-state index contributed by atoms with van der Waals surface area (Å²) in [5.41, 5.74) is 0.543. The van der Waals surface area contributed by atoms with Gasteiger partial charge in [-0.15, -0.1) is 0 Å². The Hall–Kier alpha value is -3.42. The number of rotatable bonds is 5. The molecule has 0 atom stereocenters. The van der Waals surface area contributed by atoms with Crippen LogP contribution >= 0.6 is 0 Å². The third-order valence-corrected chi connectivity index (χ3v) is 3.71. The second-order valence-electron chi connectivity index (χ2n) is 5.69. The summed E-state index contributed by atoms with van der Waals surface area (Å²) in [6.07, 6.45) is -1.14. The third-order valence-electron chi connectivity index (χ3n) is 3.71. The van der Waals surface area contributed by atoms with Gasteiger partial charge in [-0.1, -0.05) is 30.3 Å². The summed E-state index contributed by atoms with van der Waals surface area (Å²) in [6, 6.07) is 10.3. The van der Waals surface area contributed by atoms with Gasteiger partial charge < -0.3 is 19.4 Å². The first kappa shape index (κ1) is 19.9. The zero-order valence-electron chi connectivity index (χ0n) is 15.3. The van der Waals surface area contributed by atoms with Crippen LogP contribution in [0.15, 0.2) is 41.2 Å². The highest BCUT2D eigenvalue weighted by Crippen LogP contribution is 2.15. The van der Waals surface area contributed by atoms with E-state index in [9.17, 15) is 19.2 Å². The molecule has 1 N–H and O–H groups in total. The smallest absolute Gasteiger partial charge is 0.434 e. The van der Waals surface area contributed by atoms with Gasteiger partial charge in [0.2, 0.25) is 5.91 Å². The van der Waals surface area contributed by atoms with Crippen molar-refractivity contribution in [1.82, 2.24) is 4.57 Å². The number of aromatic nitrogens is 1. The lowest BCUT2D eigenvalue weighted by molar-refractivity contribution is -0.114. The molecule has 1 heterocycles. The van der Waals surface area contributed by atoms with Gasteiger partial charge in [0.1, 0.15) is 5.69 Å². The van der Waals surface area contributed by atoms with Crippen LogP contribution < -0.4 is 10.9 Å². The molecule has 0 aliphatic carbocycles. The van der Waals surface area contributed by atoms with Crippen LogP contribution in [0.25, 0.3) is 0 Å². The van der Waals surface area contributed by atoms with Gasteiger partial charge in [0.05, 0.1) is 18.7 Å². The molecule has 0 fully saturated rings. The molecule has 0 aliphatic rings. The second-order valence-corrected chi connectivity index (χ2v) is 5.69. The van der Waals surface area contributed by atoms with Crippen LogP contribution in [0.4, 0.5) is 10.5 Å². The summed E-state index contributed by atoms with van der Waals surface area (Å²) < 4.78 is 10.6. The van der Waals surface area contributed by atoms with E-state index in [1.165, 1.54) is 17.6 Å². The molecule has 8 heteroatoms. The van der Waals surface area contributed by atoms with Gasteiger partial charge >= 0.3 is 12.1 Å². The monoisotopic (exact) mass is 372 g/mol. The number of nitrogens with zero attached hydrogens (tertiary/aromatic N) is 1. The fraction of sp³-hybridized carbons (Fsp3) is 0.263. The van der Waals surface area contributed by atoms with E-state index in [0.29, 0.717) is 5.69 Å². The van der Waals surface area contributed by atoms with Crippen LogP contribution in [0.1, 0.15) is 35.5 Å². The number of pyridine rings is 1. The minimum absolute atomic E-state index is 0.0256. The molecule has 2 rings (SSSR count). The molecular formula is C19H20N2O6. The first-order chi connectivity index (χ1) is 12.8. The number of hydrogen-bond acceptors (Lipinski definition) is 6. The summed E-state index contributed by atoms with van der Waals surface area (Å²) in [4.78, 5) is 47.9. The lowest BCUT2D eigenvalue weighted by Crippen LogP contribution is -2.30. The molecule has 0 aliphatic heterocycles. The average molecular weight is 372 g/mol. The largest absolute Gasteiger partial charge is 0.516 e. The van der Waals surface area contributed by atoms with Gasteiger partial charge in [-0.05, 0) is 25.5 Å². The van der Waals surface area contributed by atoms with Crippen LogP contribution in [0, 0.1) is 6.92 Å². The van der Waals surface area contributed by atoms with Crippen LogP contribution in [-0.2, 0) is 20.8 Å². The molecule has 1 amide bonds. The maximum absolute atomic E-state index is 12.7. The molecule has 142 valence electrons. The van der Waals surface area contributed by atoms with E-state index in [-0.39, 0.29) is 24.4 Å².